The van der Waals surface area contributed by atoms with Crippen molar-refractivity contribution in [3.8, 4) is 0 Å². The van der Waals surface area contributed by atoms with Crippen molar-refractivity contribution in [2.24, 2.45) is 5.92 Å². The highest BCUT2D eigenvalue weighted by Gasteiger charge is 2.30. The Morgan fingerprint density at radius 3 is 2.90 bits per heavy atom. The van der Waals surface area contributed by atoms with Crippen molar-refractivity contribution in [2.45, 2.75) is 33.2 Å². The summed E-state index contributed by atoms with van der Waals surface area (Å²) in [6.07, 6.45) is 1.83. The normalized spacial score (nSPS) is 18.7. The Morgan fingerprint density at radius 2 is 2.24 bits per heavy atom. The fourth-order valence-corrected chi connectivity index (χ4v) is 2.69. The van der Waals surface area contributed by atoms with Gasteiger partial charge in [0, 0.05) is 31.3 Å². The first-order valence-electron chi connectivity index (χ1n) is 7.37. The standard InChI is InChI=1S/C15H22F2N2O2/c1-3-8-21-10-12-6-7-18(9-12)14(20)13-5-4-11(2)19(13)15(16)17/h4-5,12,15H,3,6-10H2,1-2H3/t12-/m0/s1. The van der Waals surface area contributed by atoms with Crippen LogP contribution in [0.3, 0.4) is 0 Å². The number of hydrogen-bond donors (Lipinski definition) is 0. The van der Waals surface area contributed by atoms with E-state index in [4.69, 9.17) is 4.74 Å². The molecule has 1 fully saturated rings. The van der Waals surface area contributed by atoms with E-state index in [-0.39, 0.29) is 11.6 Å². The van der Waals surface area contributed by atoms with E-state index in [0.717, 1.165) is 24.0 Å². The second-order valence-electron chi connectivity index (χ2n) is 5.49. The summed E-state index contributed by atoms with van der Waals surface area (Å²) in [4.78, 5) is 14.0. The highest BCUT2D eigenvalue weighted by atomic mass is 19.3. The first-order chi connectivity index (χ1) is 10.0. The second-order valence-corrected chi connectivity index (χ2v) is 5.49. The zero-order chi connectivity index (χ0) is 15.4. The summed E-state index contributed by atoms with van der Waals surface area (Å²) in [5, 5.41) is 0. The van der Waals surface area contributed by atoms with E-state index in [0.29, 0.717) is 31.3 Å². The number of hydrogen-bond acceptors (Lipinski definition) is 2. The molecule has 1 aromatic heterocycles. The average Bonchev–Trinajstić information content (AvgIpc) is 3.05. The van der Waals surface area contributed by atoms with Crippen molar-refractivity contribution in [3.63, 3.8) is 0 Å². The Balaban J connectivity index is 1.99. The SMILES string of the molecule is CCCOC[C@H]1CCN(C(=O)c2ccc(C)n2C(F)F)C1. The lowest BCUT2D eigenvalue weighted by molar-refractivity contribution is 0.0557. The molecule has 0 aromatic carbocycles. The predicted octanol–water partition coefficient (Wildman–Crippen LogP) is 3.08. The molecule has 118 valence electrons. The summed E-state index contributed by atoms with van der Waals surface area (Å²) in [6.45, 7) is 3.47. The third-order valence-electron chi connectivity index (χ3n) is 3.81. The van der Waals surface area contributed by atoms with Gasteiger partial charge in [-0.2, -0.15) is 8.78 Å². The number of aromatic nitrogens is 1. The van der Waals surface area contributed by atoms with E-state index in [2.05, 4.69) is 0 Å². The van der Waals surface area contributed by atoms with E-state index < -0.39 is 6.55 Å². The molecule has 1 saturated heterocycles. The van der Waals surface area contributed by atoms with E-state index in [9.17, 15) is 13.6 Å². The van der Waals surface area contributed by atoms with E-state index >= 15 is 0 Å². The molecule has 2 heterocycles. The van der Waals surface area contributed by atoms with Crippen molar-refractivity contribution in [3.05, 3.63) is 23.5 Å². The number of ether oxygens (including phenoxy) is 1. The average molecular weight is 300 g/mol. The molecule has 0 radical (unpaired) electrons. The van der Waals surface area contributed by atoms with Crippen LogP contribution in [0.2, 0.25) is 0 Å². The van der Waals surface area contributed by atoms with Crippen molar-refractivity contribution in [1.29, 1.82) is 0 Å². The number of aryl methyl sites for hydroxylation is 1. The van der Waals surface area contributed by atoms with Gasteiger partial charge < -0.3 is 9.64 Å². The molecule has 0 spiro atoms. The Kier molecular flexibility index (Phi) is 5.33. The lowest BCUT2D eigenvalue weighted by Crippen LogP contribution is -2.31. The molecule has 1 atom stereocenters. The molecule has 1 aromatic rings. The molecule has 0 bridgehead atoms. The molecule has 0 N–H and O–H groups in total. The number of alkyl halides is 2. The van der Waals surface area contributed by atoms with Crippen LogP contribution in [0, 0.1) is 12.8 Å². The maximum atomic E-state index is 13.0. The van der Waals surface area contributed by atoms with Gasteiger partial charge in [0.1, 0.15) is 5.69 Å². The van der Waals surface area contributed by atoms with Gasteiger partial charge in [-0.05, 0) is 31.9 Å². The van der Waals surface area contributed by atoms with E-state index in [1.165, 1.54) is 6.07 Å². The number of rotatable bonds is 6. The number of nitrogens with zero attached hydrogens (tertiary/aromatic N) is 2. The number of likely N-dealkylation sites (tertiary alicyclic amines) is 1. The lowest BCUT2D eigenvalue weighted by atomic mass is 10.1. The van der Waals surface area contributed by atoms with Crippen LogP contribution in [0.4, 0.5) is 8.78 Å². The van der Waals surface area contributed by atoms with Gasteiger partial charge in [0.05, 0.1) is 6.61 Å². The molecule has 0 saturated carbocycles. The summed E-state index contributed by atoms with van der Waals surface area (Å²) in [7, 11) is 0. The third-order valence-corrected chi connectivity index (χ3v) is 3.81. The topological polar surface area (TPSA) is 34.5 Å². The maximum absolute atomic E-state index is 13.0. The maximum Gasteiger partial charge on any atom is 0.319 e. The van der Waals surface area contributed by atoms with Gasteiger partial charge in [-0.3, -0.25) is 9.36 Å². The van der Waals surface area contributed by atoms with Gasteiger partial charge in [-0.1, -0.05) is 6.92 Å². The van der Waals surface area contributed by atoms with Crippen LogP contribution in [-0.2, 0) is 4.74 Å². The van der Waals surface area contributed by atoms with Crippen molar-refractivity contribution >= 4 is 5.91 Å². The van der Waals surface area contributed by atoms with E-state index in [1.807, 2.05) is 6.92 Å². The number of halogens is 2. The highest BCUT2D eigenvalue weighted by Crippen LogP contribution is 2.23. The summed E-state index contributed by atoms with van der Waals surface area (Å²) in [5.74, 6) is -0.0158. The number of carbonyl (C=O) groups is 1. The Morgan fingerprint density at radius 1 is 1.48 bits per heavy atom. The second kappa shape index (κ2) is 7.02. The zero-order valence-electron chi connectivity index (χ0n) is 12.5. The molecule has 0 aliphatic carbocycles. The van der Waals surface area contributed by atoms with Gasteiger partial charge in [-0.25, -0.2) is 0 Å². The molecule has 1 aliphatic rings. The van der Waals surface area contributed by atoms with Crippen LogP contribution < -0.4 is 0 Å². The summed E-state index contributed by atoms with van der Waals surface area (Å²) < 4.78 is 32.3. The molecular weight excluding hydrogens is 278 g/mol. The van der Waals surface area contributed by atoms with Gasteiger partial charge in [0.25, 0.3) is 5.91 Å². The molecule has 21 heavy (non-hydrogen) atoms. The Hall–Kier alpha value is -1.43. The third kappa shape index (κ3) is 3.61. The molecule has 6 heteroatoms. The fraction of sp³-hybridized carbons (Fsp3) is 0.667. The molecular formula is C15H22F2N2O2. The van der Waals surface area contributed by atoms with Gasteiger partial charge in [0.15, 0.2) is 0 Å². The molecule has 4 nitrogen and oxygen atoms in total. The highest BCUT2D eigenvalue weighted by molar-refractivity contribution is 5.93. The Bertz CT molecular complexity index is 488. The molecule has 1 aliphatic heterocycles. The summed E-state index contributed by atoms with van der Waals surface area (Å²) in [5.41, 5.74) is 0.466. The van der Waals surface area contributed by atoms with Gasteiger partial charge in [-0.15, -0.1) is 0 Å². The van der Waals surface area contributed by atoms with Crippen molar-refractivity contribution in [1.82, 2.24) is 9.47 Å². The van der Waals surface area contributed by atoms with Gasteiger partial charge >= 0.3 is 6.55 Å². The minimum absolute atomic E-state index is 0.0672. The van der Waals surface area contributed by atoms with Crippen LogP contribution in [0.5, 0.6) is 0 Å². The zero-order valence-corrected chi connectivity index (χ0v) is 12.5. The number of carbonyl (C=O) groups excluding carboxylic acids is 1. The van der Waals surface area contributed by atoms with Crippen molar-refractivity contribution in [2.75, 3.05) is 26.3 Å². The number of amides is 1. The largest absolute Gasteiger partial charge is 0.381 e. The summed E-state index contributed by atoms with van der Waals surface area (Å²) >= 11 is 0. The fourth-order valence-electron chi connectivity index (χ4n) is 2.69. The van der Waals surface area contributed by atoms with Crippen LogP contribution in [-0.4, -0.2) is 41.7 Å². The van der Waals surface area contributed by atoms with Crippen LogP contribution in [0.1, 0.15) is 42.5 Å². The minimum Gasteiger partial charge on any atom is -0.381 e. The monoisotopic (exact) mass is 300 g/mol. The molecule has 2 rings (SSSR count). The summed E-state index contributed by atoms with van der Waals surface area (Å²) in [6, 6.07) is 3.03. The van der Waals surface area contributed by atoms with Crippen LogP contribution in [0.25, 0.3) is 0 Å². The first kappa shape index (κ1) is 15.9. The molecule has 1 amide bonds. The predicted molar refractivity (Wildman–Crippen MR) is 75.5 cm³/mol. The van der Waals surface area contributed by atoms with E-state index in [1.54, 1.807) is 17.9 Å². The quantitative estimate of drug-likeness (QED) is 0.757. The van der Waals surface area contributed by atoms with Crippen LogP contribution in [0.15, 0.2) is 12.1 Å². The Labute approximate surface area is 123 Å². The van der Waals surface area contributed by atoms with Crippen molar-refractivity contribution < 1.29 is 18.3 Å². The van der Waals surface area contributed by atoms with Crippen LogP contribution >= 0.6 is 0 Å². The van der Waals surface area contributed by atoms with Gasteiger partial charge in [0.2, 0.25) is 0 Å². The lowest BCUT2D eigenvalue weighted by Gasteiger charge is -2.18. The first-order valence-corrected chi connectivity index (χ1v) is 7.37. The minimum atomic E-state index is -2.69. The smallest absolute Gasteiger partial charge is 0.319 e. The molecule has 0 unspecified atom stereocenters.